The molecule has 140 valence electrons. The summed E-state index contributed by atoms with van der Waals surface area (Å²) in [4.78, 5) is 27.6. The summed E-state index contributed by atoms with van der Waals surface area (Å²) in [7, 11) is 0. The van der Waals surface area contributed by atoms with Gasteiger partial charge in [-0.15, -0.1) is 0 Å². The van der Waals surface area contributed by atoms with E-state index in [9.17, 15) is 9.59 Å². The number of piperidine rings is 2. The van der Waals surface area contributed by atoms with Crippen LogP contribution in [0.25, 0.3) is 0 Å². The first kappa shape index (κ1) is 17.8. The van der Waals surface area contributed by atoms with Crippen LogP contribution >= 0.6 is 0 Å². The van der Waals surface area contributed by atoms with Crippen LogP contribution < -0.4 is 0 Å². The first-order chi connectivity index (χ1) is 13.2. The van der Waals surface area contributed by atoms with E-state index in [1.165, 1.54) is 0 Å². The lowest BCUT2D eigenvalue weighted by atomic mass is 9.76. The second kappa shape index (κ2) is 7.95. The Labute approximate surface area is 160 Å². The Morgan fingerprint density at radius 1 is 0.889 bits per heavy atom. The molecule has 2 unspecified atom stereocenters. The van der Waals surface area contributed by atoms with Crippen molar-refractivity contribution in [2.75, 3.05) is 0 Å². The van der Waals surface area contributed by atoms with Crippen LogP contribution in [0.2, 0.25) is 0 Å². The number of Topliss-reactive ketones (excluding diaryl/α,β-unsaturated/α-hetero) is 1. The number of amides is 1. The Morgan fingerprint density at radius 3 is 2.11 bits per heavy atom. The van der Waals surface area contributed by atoms with Crippen molar-refractivity contribution in [2.45, 2.75) is 50.8 Å². The lowest BCUT2D eigenvalue weighted by Gasteiger charge is -2.47. The maximum atomic E-state index is 12.9. The molecule has 0 radical (unpaired) electrons. The molecule has 0 aliphatic carbocycles. The molecule has 4 nitrogen and oxygen atoms in total. The summed E-state index contributed by atoms with van der Waals surface area (Å²) < 4.78 is 5.59. The summed E-state index contributed by atoms with van der Waals surface area (Å²) in [6.45, 7) is 0.294. The lowest BCUT2D eigenvalue weighted by Crippen LogP contribution is -2.55. The molecule has 2 saturated heterocycles. The third-order valence-corrected chi connectivity index (χ3v) is 5.82. The molecular formula is C23H25NO3. The van der Waals surface area contributed by atoms with Crippen molar-refractivity contribution in [2.24, 2.45) is 5.92 Å². The van der Waals surface area contributed by atoms with Crippen molar-refractivity contribution in [1.82, 2.24) is 4.90 Å². The Kier molecular flexibility index (Phi) is 5.23. The summed E-state index contributed by atoms with van der Waals surface area (Å²) in [5.74, 6) is 0.214. The highest BCUT2D eigenvalue weighted by molar-refractivity contribution is 5.98. The number of hydrogen-bond donors (Lipinski definition) is 0. The highest BCUT2D eigenvalue weighted by Crippen LogP contribution is 2.38. The normalized spacial score (nSPS) is 24.3. The lowest BCUT2D eigenvalue weighted by molar-refractivity contribution is 0.00473. The smallest absolute Gasteiger partial charge is 0.410 e. The summed E-state index contributed by atoms with van der Waals surface area (Å²) in [6.07, 6.45) is 4.27. The molecule has 0 N–H and O–H groups in total. The predicted molar refractivity (Wildman–Crippen MR) is 103 cm³/mol. The fourth-order valence-corrected chi connectivity index (χ4v) is 4.53. The Hall–Kier alpha value is -2.62. The van der Waals surface area contributed by atoms with Gasteiger partial charge in [0, 0.05) is 23.6 Å². The molecule has 2 heterocycles. The molecule has 4 heteroatoms. The highest BCUT2D eigenvalue weighted by Gasteiger charge is 2.43. The molecule has 0 saturated carbocycles. The molecule has 1 amide bonds. The van der Waals surface area contributed by atoms with Crippen LogP contribution in [-0.2, 0) is 11.3 Å². The van der Waals surface area contributed by atoms with Crippen LogP contribution in [0.4, 0.5) is 4.79 Å². The number of nitrogens with zero attached hydrogens (tertiary/aromatic N) is 1. The number of fused-ring (bicyclic) bond motifs is 2. The topological polar surface area (TPSA) is 46.6 Å². The van der Waals surface area contributed by atoms with Gasteiger partial charge in [-0.1, -0.05) is 60.7 Å². The van der Waals surface area contributed by atoms with E-state index in [1.807, 2.05) is 65.6 Å². The molecule has 4 rings (SSSR count). The first-order valence-electron chi connectivity index (χ1n) is 9.80. The minimum Gasteiger partial charge on any atom is -0.445 e. The van der Waals surface area contributed by atoms with Gasteiger partial charge in [0.2, 0.25) is 0 Å². The van der Waals surface area contributed by atoms with Crippen LogP contribution in [0.5, 0.6) is 0 Å². The van der Waals surface area contributed by atoms with Crippen LogP contribution in [0.3, 0.4) is 0 Å². The van der Waals surface area contributed by atoms with Crippen molar-refractivity contribution in [1.29, 1.82) is 0 Å². The molecule has 2 fully saturated rings. The first-order valence-corrected chi connectivity index (χ1v) is 9.80. The van der Waals surface area contributed by atoms with E-state index in [4.69, 9.17) is 4.74 Å². The van der Waals surface area contributed by atoms with Gasteiger partial charge in [-0.25, -0.2) is 4.79 Å². The van der Waals surface area contributed by atoms with Crippen molar-refractivity contribution in [3.8, 4) is 0 Å². The van der Waals surface area contributed by atoms with E-state index in [0.29, 0.717) is 6.61 Å². The molecule has 2 aromatic rings. The van der Waals surface area contributed by atoms with E-state index in [1.54, 1.807) is 0 Å². The molecule has 2 aliphatic rings. The molecular weight excluding hydrogens is 338 g/mol. The Balaban J connectivity index is 1.42. The highest BCUT2D eigenvalue weighted by atomic mass is 16.6. The van der Waals surface area contributed by atoms with Crippen molar-refractivity contribution in [3.63, 3.8) is 0 Å². The van der Waals surface area contributed by atoms with E-state index in [-0.39, 0.29) is 29.9 Å². The minimum atomic E-state index is -0.237. The Bertz CT molecular complexity index is 776. The summed E-state index contributed by atoms with van der Waals surface area (Å²) in [5, 5.41) is 0. The average molecular weight is 363 g/mol. The summed E-state index contributed by atoms with van der Waals surface area (Å²) in [5.41, 5.74) is 1.77. The monoisotopic (exact) mass is 363 g/mol. The zero-order chi connectivity index (χ0) is 18.6. The zero-order valence-corrected chi connectivity index (χ0v) is 15.4. The predicted octanol–water partition coefficient (Wildman–Crippen LogP) is 4.84. The quantitative estimate of drug-likeness (QED) is 0.730. The summed E-state index contributed by atoms with van der Waals surface area (Å²) >= 11 is 0. The van der Waals surface area contributed by atoms with Gasteiger partial charge in [0.25, 0.3) is 0 Å². The Morgan fingerprint density at radius 2 is 1.48 bits per heavy atom. The van der Waals surface area contributed by atoms with Crippen LogP contribution in [0.15, 0.2) is 60.7 Å². The molecule has 0 spiro atoms. The van der Waals surface area contributed by atoms with E-state index >= 15 is 0 Å². The van der Waals surface area contributed by atoms with Gasteiger partial charge in [-0.2, -0.15) is 0 Å². The number of hydrogen-bond acceptors (Lipinski definition) is 3. The second-order valence-corrected chi connectivity index (χ2v) is 7.58. The number of ether oxygens (including phenoxy) is 1. The van der Waals surface area contributed by atoms with Gasteiger partial charge in [0.15, 0.2) is 5.78 Å². The van der Waals surface area contributed by atoms with Crippen molar-refractivity contribution >= 4 is 11.9 Å². The third-order valence-electron chi connectivity index (χ3n) is 5.82. The number of benzene rings is 2. The van der Waals surface area contributed by atoms with Gasteiger partial charge < -0.3 is 9.64 Å². The van der Waals surface area contributed by atoms with Gasteiger partial charge in [0.1, 0.15) is 6.61 Å². The van der Waals surface area contributed by atoms with Gasteiger partial charge in [-0.05, 0) is 37.7 Å². The van der Waals surface area contributed by atoms with Crippen LogP contribution in [-0.4, -0.2) is 28.9 Å². The molecule has 2 aliphatic heterocycles. The molecule has 2 bridgehead atoms. The maximum absolute atomic E-state index is 12.9. The van der Waals surface area contributed by atoms with Crippen LogP contribution in [0.1, 0.15) is 48.0 Å². The fraction of sp³-hybridized carbons (Fsp3) is 0.391. The molecule has 2 aromatic carbocycles. The van der Waals surface area contributed by atoms with Gasteiger partial charge in [0.05, 0.1) is 0 Å². The van der Waals surface area contributed by atoms with E-state index < -0.39 is 0 Å². The SMILES string of the molecule is O=C(c1ccccc1)C1CC2CCCC(C1)N2C(=O)OCc1ccccc1. The molecule has 2 atom stereocenters. The van der Waals surface area contributed by atoms with E-state index in [2.05, 4.69) is 0 Å². The number of carbonyl (C=O) groups excluding carboxylic acids is 2. The average Bonchev–Trinajstić information content (AvgIpc) is 2.72. The van der Waals surface area contributed by atoms with Crippen molar-refractivity contribution in [3.05, 3.63) is 71.8 Å². The number of carbonyl (C=O) groups is 2. The summed E-state index contributed by atoms with van der Waals surface area (Å²) in [6, 6.07) is 19.5. The van der Waals surface area contributed by atoms with Crippen molar-refractivity contribution < 1.29 is 14.3 Å². The largest absolute Gasteiger partial charge is 0.445 e. The maximum Gasteiger partial charge on any atom is 0.410 e. The fourth-order valence-electron chi connectivity index (χ4n) is 4.53. The number of ketones is 1. The van der Waals surface area contributed by atoms with Crippen LogP contribution in [0, 0.1) is 5.92 Å². The zero-order valence-electron chi connectivity index (χ0n) is 15.4. The third kappa shape index (κ3) is 3.90. The van der Waals surface area contributed by atoms with Gasteiger partial charge >= 0.3 is 6.09 Å². The van der Waals surface area contributed by atoms with E-state index in [0.717, 1.165) is 43.2 Å². The standard InChI is InChI=1S/C23H25NO3/c25-22(18-10-5-2-6-11-18)19-14-20-12-7-13-21(15-19)24(20)23(26)27-16-17-8-3-1-4-9-17/h1-6,8-11,19-21H,7,12-16H2. The minimum absolute atomic E-state index is 0.000809. The molecule has 0 aromatic heterocycles. The van der Waals surface area contributed by atoms with Gasteiger partial charge in [-0.3, -0.25) is 4.79 Å². The second-order valence-electron chi connectivity index (χ2n) is 7.58. The molecule has 27 heavy (non-hydrogen) atoms. The number of rotatable bonds is 4.